The van der Waals surface area contributed by atoms with Gasteiger partial charge in [0.1, 0.15) is 21.9 Å². The fraction of sp³-hybridized carbons (Fsp3) is 0.267. The summed E-state index contributed by atoms with van der Waals surface area (Å²) in [6.45, 7) is 4.65. The number of methoxy groups -OCH3 is 1. The molecule has 12 nitrogen and oxygen atoms in total. The predicted octanol–water partition coefficient (Wildman–Crippen LogP) is 3.77. The van der Waals surface area contributed by atoms with E-state index in [0.717, 1.165) is 44.8 Å². The van der Waals surface area contributed by atoms with Gasteiger partial charge in [-0.15, -0.1) is 0 Å². The van der Waals surface area contributed by atoms with Crippen LogP contribution in [0, 0.1) is 12.8 Å². The van der Waals surface area contributed by atoms with Crippen molar-refractivity contribution < 1.29 is 13.2 Å². The topological polar surface area (TPSA) is 133 Å². The number of ether oxygens (including phenoxy) is 1. The average molecular weight is 596 g/mol. The number of nitrogens with zero attached hydrogens (tertiary/aromatic N) is 9. The molecule has 1 fully saturated rings. The van der Waals surface area contributed by atoms with Crippen LogP contribution in [0.1, 0.15) is 12.6 Å². The van der Waals surface area contributed by atoms with Crippen molar-refractivity contribution in [3.05, 3.63) is 73.2 Å². The van der Waals surface area contributed by atoms with Crippen LogP contribution in [-0.4, -0.2) is 79.5 Å². The molecular formula is C30H29N9O3S. The third-order valence-electron chi connectivity index (χ3n) is 8.07. The van der Waals surface area contributed by atoms with E-state index >= 15 is 0 Å². The van der Waals surface area contributed by atoms with E-state index in [-0.39, 0.29) is 17.7 Å². The summed E-state index contributed by atoms with van der Waals surface area (Å²) >= 11 is 0. The highest BCUT2D eigenvalue weighted by atomic mass is 32.2. The summed E-state index contributed by atoms with van der Waals surface area (Å²) in [4.78, 5) is 20.6. The molecule has 0 aliphatic carbocycles. The van der Waals surface area contributed by atoms with Gasteiger partial charge in [-0.05, 0) is 44.2 Å². The highest BCUT2D eigenvalue weighted by molar-refractivity contribution is 7.90. The Hall–Kier alpha value is -4.91. The number of anilines is 1. The smallest absolute Gasteiger partial charge is 0.156 e. The van der Waals surface area contributed by atoms with Crippen LogP contribution in [-0.2, 0) is 9.84 Å². The molecule has 218 valence electrons. The minimum atomic E-state index is -3.08. The number of sulfone groups is 1. The van der Waals surface area contributed by atoms with E-state index in [1.165, 1.54) is 12.6 Å². The van der Waals surface area contributed by atoms with Crippen LogP contribution in [0.4, 0.5) is 5.69 Å². The quantitative estimate of drug-likeness (QED) is 0.269. The van der Waals surface area contributed by atoms with Crippen LogP contribution in [0.3, 0.4) is 0 Å². The van der Waals surface area contributed by atoms with Gasteiger partial charge >= 0.3 is 0 Å². The zero-order valence-electron chi connectivity index (χ0n) is 24.1. The summed E-state index contributed by atoms with van der Waals surface area (Å²) in [5.74, 6) is 1.51. The van der Waals surface area contributed by atoms with Gasteiger partial charge in [-0.2, -0.15) is 10.2 Å². The second-order valence-electron chi connectivity index (χ2n) is 11.0. The molecule has 0 amide bonds. The van der Waals surface area contributed by atoms with E-state index in [1.54, 1.807) is 30.2 Å². The van der Waals surface area contributed by atoms with E-state index in [9.17, 15) is 8.42 Å². The second-order valence-corrected chi connectivity index (χ2v) is 13.1. The van der Waals surface area contributed by atoms with Gasteiger partial charge in [-0.3, -0.25) is 9.97 Å². The highest BCUT2D eigenvalue weighted by Gasteiger charge is 2.38. The maximum atomic E-state index is 12.0. The van der Waals surface area contributed by atoms with Gasteiger partial charge < -0.3 is 9.64 Å². The van der Waals surface area contributed by atoms with Crippen LogP contribution in [0.5, 0.6) is 5.75 Å². The van der Waals surface area contributed by atoms with E-state index in [2.05, 4.69) is 26.9 Å². The Bertz CT molecular complexity index is 2120. The van der Waals surface area contributed by atoms with Crippen molar-refractivity contribution in [3.63, 3.8) is 0 Å². The largest absolute Gasteiger partial charge is 0.496 e. The van der Waals surface area contributed by atoms with Crippen LogP contribution in [0.15, 0.2) is 67.5 Å². The highest BCUT2D eigenvalue weighted by Crippen LogP contribution is 2.36. The number of rotatable bonds is 7. The third kappa shape index (κ3) is 4.84. The second kappa shape index (κ2) is 10.1. The lowest BCUT2D eigenvalue weighted by Crippen LogP contribution is -2.57. The van der Waals surface area contributed by atoms with E-state index in [1.807, 2.05) is 54.2 Å². The van der Waals surface area contributed by atoms with E-state index < -0.39 is 9.84 Å². The number of hydrogen-bond donors (Lipinski definition) is 0. The number of hydrogen-bond acceptors (Lipinski definition) is 10. The first-order valence-electron chi connectivity index (χ1n) is 13.8. The normalized spacial score (nSPS) is 17.0. The minimum Gasteiger partial charge on any atom is -0.496 e. The van der Waals surface area contributed by atoms with Crippen LogP contribution < -0.4 is 9.64 Å². The van der Waals surface area contributed by atoms with Gasteiger partial charge in [0.05, 0.1) is 41.5 Å². The summed E-state index contributed by atoms with van der Waals surface area (Å²) in [5.41, 5.74) is 6.39. The lowest BCUT2D eigenvalue weighted by atomic mass is 9.91. The average Bonchev–Trinajstić information content (AvgIpc) is 3.65. The molecule has 6 aromatic heterocycles. The lowest BCUT2D eigenvalue weighted by molar-refractivity contribution is 0.341. The SMILES string of the molecule is COc1ccncc1-c1cc2c(cnn2-c2cc(N3C[C@H](CS(C)(=O)=O)[C@H]3C)cc(-c3ccc4ncnn4c3)n2)c(C)n1. The minimum absolute atomic E-state index is 0.0427. The van der Waals surface area contributed by atoms with Crippen molar-refractivity contribution in [1.82, 2.24) is 39.3 Å². The zero-order chi connectivity index (χ0) is 29.9. The molecule has 0 unspecified atom stereocenters. The molecule has 0 aromatic carbocycles. The Labute approximate surface area is 247 Å². The molecule has 1 aliphatic rings. The van der Waals surface area contributed by atoms with Gasteiger partial charge in [0, 0.05) is 71.7 Å². The Balaban J connectivity index is 1.37. The van der Waals surface area contributed by atoms with Crippen molar-refractivity contribution >= 4 is 32.1 Å². The van der Waals surface area contributed by atoms with Crippen molar-refractivity contribution in [3.8, 4) is 34.1 Å². The molecule has 7 heterocycles. The Kier molecular flexibility index (Phi) is 6.34. The Morgan fingerprint density at radius 3 is 2.70 bits per heavy atom. The first-order chi connectivity index (χ1) is 20.7. The summed E-state index contributed by atoms with van der Waals surface area (Å²) < 4.78 is 33.1. The van der Waals surface area contributed by atoms with E-state index in [0.29, 0.717) is 23.8 Å². The van der Waals surface area contributed by atoms with Gasteiger partial charge in [0.25, 0.3) is 0 Å². The zero-order valence-corrected chi connectivity index (χ0v) is 24.9. The van der Waals surface area contributed by atoms with Crippen LogP contribution in [0.25, 0.3) is 44.9 Å². The molecule has 0 saturated carbocycles. The van der Waals surface area contributed by atoms with Crippen molar-refractivity contribution in [1.29, 1.82) is 0 Å². The molecular weight excluding hydrogens is 566 g/mol. The molecule has 6 aromatic rings. The van der Waals surface area contributed by atoms with Gasteiger partial charge in [-0.1, -0.05) is 0 Å². The molecule has 1 aliphatic heterocycles. The van der Waals surface area contributed by atoms with Crippen LogP contribution in [0.2, 0.25) is 0 Å². The summed E-state index contributed by atoms with van der Waals surface area (Å²) in [6.07, 6.45) is 9.92. The maximum absolute atomic E-state index is 12.0. The van der Waals surface area contributed by atoms with Crippen molar-refractivity contribution in [2.45, 2.75) is 19.9 Å². The molecule has 0 radical (unpaired) electrons. The predicted molar refractivity (Wildman–Crippen MR) is 163 cm³/mol. The fourth-order valence-electron chi connectivity index (χ4n) is 5.75. The molecule has 7 rings (SSSR count). The summed E-state index contributed by atoms with van der Waals surface area (Å²) in [5, 5.41) is 9.94. The fourth-order valence-corrected chi connectivity index (χ4v) is 6.91. The molecule has 0 bridgehead atoms. The first kappa shape index (κ1) is 27.0. The number of aryl methyl sites for hydroxylation is 1. The monoisotopic (exact) mass is 595 g/mol. The van der Waals surface area contributed by atoms with Crippen molar-refractivity contribution in [2.75, 3.05) is 30.6 Å². The maximum Gasteiger partial charge on any atom is 0.156 e. The summed E-state index contributed by atoms with van der Waals surface area (Å²) in [7, 11) is -1.46. The molecule has 1 saturated heterocycles. The lowest BCUT2D eigenvalue weighted by Gasteiger charge is -2.48. The summed E-state index contributed by atoms with van der Waals surface area (Å²) in [6, 6.07) is 11.7. The van der Waals surface area contributed by atoms with Gasteiger partial charge in [0.15, 0.2) is 11.5 Å². The first-order valence-corrected chi connectivity index (χ1v) is 15.8. The van der Waals surface area contributed by atoms with E-state index in [4.69, 9.17) is 19.8 Å². The number of pyridine rings is 4. The molecule has 0 N–H and O–H groups in total. The standard InChI is InChI=1S/C30H29N9O3S/c1-18-23-13-33-39(27(23)11-26(35-18)24-12-31-8-7-28(24)42-3)30-10-22(37-14-21(19(37)2)16-43(4,40)41)9-25(36-30)20-5-6-29-32-17-34-38(29)15-20/h5-13,15,17,19,21H,14,16H2,1-4H3/t19-,21-/m1/s1. The number of fused-ring (bicyclic) bond motifs is 2. The molecule has 0 spiro atoms. The third-order valence-corrected chi connectivity index (χ3v) is 9.11. The number of aromatic nitrogens is 8. The molecule has 43 heavy (non-hydrogen) atoms. The Morgan fingerprint density at radius 2 is 1.91 bits per heavy atom. The Morgan fingerprint density at radius 1 is 1.05 bits per heavy atom. The van der Waals surface area contributed by atoms with Crippen LogP contribution >= 0.6 is 0 Å². The van der Waals surface area contributed by atoms with Gasteiger partial charge in [-0.25, -0.2) is 27.6 Å². The molecule has 2 atom stereocenters. The molecule has 13 heteroatoms. The van der Waals surface area contributed by atoms with Gasteiger partial charge in [0.2, 0.25) is 0 Å². The van der Waals surface area contributed by atoms with Crippen molar-refractivity contribution in [2.24, 2.45) is 5.92 Å².